The summed E-state index contributed by atoms with van der Waals surface area (Å²) in [6.07, 6.45) is 6.12. The summed E-state index contributed by atoms with van der Waals surface area (Å²) in [6, 6.07) is 1.94. The van der Waals surface area contributed by atoms with Gasteiger partial charge >= 0.3 is 0 Å². The highest BCUT2D eigenvalue weighted by molar-refractivity contribution is 5.54. The lowest BCUT2D eigenvalue weighted by molar-refractivity contribution is 0.508. The maximum absolute atomic E-state index is 5.46. The van der Waals surface area contributed by atoms with Crippen LogP contribution in [0.1, 0.15) is 5.89 Å². The van der Waals surface area contributed by atoms with Gasteiger partial charge in [-0.2, -0.15) is 0 Å². The van der Waals surface area contributed by atoms with Crippen molar-refractivity contribution in [2.75, 3.05) is 6.54 Å². The highest BCUT2D eigenvalue weighted by Gasteiger charge is 2.04. The van der Waals surface area contributed by atoms with E-state index < -0.39 is 0 Å². The van der Waals surface area contributed by atoms with Crippen LogP contribution >= 0.6 is 0 Å². The van der Waals surface area contributed by atoms with E-state index >= 15 is 0 Å². The van der Waals surface area contributed by atoms with Crippen molar-refractivity contribution in [3.05, 3.63) is 30.5 Å². The van der Waals surface area contributed by atoms with Crippen LogP contribution < -0.4 is 5.73 Å². The van der Waals surface area contributed by atoms with Gasteiger partial charge in [-0.3, -0.25) is 0 Å². The van der Waals surface area contributed by atoms with Gasteiger partial charge in [0.25, 0.3) is 0 Å². The topological polar surface area (TPSA) is 67.8 Å². The smallest absolute Gasteiger partial charge is 0.196 e. The van der Waals surface area contributed by atoms with Crippen LogP contribution in [0.3, 0.4) is 0 Å². The van der Waals surface area contributed by atoms with E-state index in [0.717, 1.165) is 11.3 Å². The minimum Gasteiger partial charge on any atom is -0.441 e. The zero-order chi connectivity index (χ0) is 9.10. The van der Waals surface area contributed by atoms with Crippen LogP contribution in [0.2, 0.25) is 0 Å². The maximum atomic E-state index is 5.46. The van der Waals surface area contributed by atoms with Gasteiger partial charge in [-0.15, -0.1) is 0 Å². The van der Waals surface area contributed by atoms with Gasteiger partial charge in [-0.1, -0.05) is 0 Å². The highest BCUT2D eigenvalue weighted by Crippen LogP contribution is 2.19. The molecule has 2 heterocycles. The SMILES string of the molecule is NCCc1ncc(-c2cc[nH]c2)o1. The van der Waals surface area contributed by atoms with Gasteiger partial charge in [0.15, 0.2) is 11.7 Å². The third-order valence-electron chi connectivity index (χ3n) is 1.79. The second kappa shape index (κ2) is 3.45. The molecule has 0 radical (unpaired) electrons. The van der Waals surface area contributed by atoms with Crippen LogP contribution in [0.4, 0.5) is 0 Å². The van der Waals surface area contributed by atoms with E-state index in [1.807, 2.05) is 18.5 Å². The van der Waals surface area contributed by atoms with E-state index in [4.69, 9.17) is 10.2 Å². The van der Waals surface area contributed by atoms with Crippen LogP contribution in [0.15, 0.2) is 29.1 Å². The van der Waals surface area contributed by atoms with Gasteiger partial charge in [-0.05, 0) is 6.07 Å². The molecular weight excluding hydrogens is 166 g/mol. The molecule has 0 saturated carbocycles. The fourth-order valence-electron chi connectivity index (χ4n) is 1.16. The fourth-order valence-corrected chi connectivity index (χ4v) is 1.16. The monoisotopic (exact) mass is 177 g/mol. The molecule has 4 heteroatoms. The molecule has 68 valence electrons. The second-order valence-electron chi connectivity index (χ2n) is 2.76. The molecule has 0 unspecified atom stereocenters. The van der Waals surface area contributed by atoms with Crippen molar-refractivity contribution in [3.63, 3.8) is 0 Å². The Kier molecular flexibility index (Phi) is 2.14. The molecule has 2 aromatic heterocycles. The molecule has 0 aliphatic rings. The molecule has 0 fully saturated rings. The number of aromatic amines is 1. The predicted octanol–water partition coefficient (Wildman–Crippen LogP) is 1.17. The minimum atomic E-state index is 0.563. The third-order valence-corrected chi connectivity index (χ3v) is 1.79. The normalized spacial score (nSPS) is 10.5. The van der Waals surface area contributed by atoms with Crippen molar-refractivity contribution in [1.82, 2.24) is 9.97 Å². The van der Waals surface area contributed by atoms with E-state index in [0.29, 0.717) is 18.9 Å². The van der Waals surface area contributed by atoms with Gasteiger partial charge in [-0.25, -0.2) is 4.98 Å². The molecule has 0 aliphatic carbocycles. The first-order valence-corrected chi connectivity index (χ1v) is 4.18. The van der Waals surface area contributed by atoms with Crippen molar-refractivity contribution in [2.24, 2.45) is 5.73 Å². The summed E-state index contributed by atoms with van der Waals surface area (Å²) in [5, 5.41) is 0. The number of oxazole rings is 1. The van der Waals surface area contributed by atoms with Crippen LogP contribution in [-0.4, -0.2) is 16.5 Å². The van der Waals surface area contributed by atoms with Crippen molar-refractivity contribution in [3.8, 4) is 11.3 Å². The quantitative estimate of drug-likeness (QED) is 0.739. The number of hydrogen-bond donors (Lipinski definition) is 2. The van der Waals surface area contributed by atoms with Crippen molar-refractivity contribution < 1.29 is 4.42 Å². The summed E-state index contributed by atoms with van der Waals surface area (Å²) in [4.78, 5) is 7.06. The largest absolute Gasteiger partial charge is 0.441 e. The highest BCUT2D eigenvalue weighted by atomic mass is 16.4. The first-order valence-electron chi connectivity index (χ1n) is 4.18. The number of H-pyrrole nitrogens is 1. The minimum absolute atomic E-state index is 0.563. The third kappa shape index (κ3) is 1.62. The summed E-state index contributed by atoms with van der Waals surface area (Å²) in [5.41, 5.74) is 6.39. The Bertz CT molecular complexity index is 364. The van der Waals surface area contributed by atoms with Crippen LogP contribution in [0.25, 0.3) is 11.3 Å². The van der Waals surface area contributed by atoms with Gasteiger partial charge in [0.05, 0.1) is 6.20 Å². The summed E-state index contributed by atoms with van der Waals surface area (Å²) in [6.45, 7) is 0.563. The Morgan fingerprint density at radius 2 is 2.46 bits per heavy atom. The van der Waals surface area contributed by atoms with E-state index in [1.54, 1.807) is 6.20 Å². The molecule has 2 aromatic rings. The molecule has 0 aliphatic heterocycles. The molecule has 2 rings (SSSR count). The summed E-state index contributed by atoms with van der Waals surface area (Å²) in [5.74, 6) is 1.48. The predicted molar refractivity (Wildman–Crippen MR) is 49.0 cm³/mol. The first-order chi connectivity index (χ1) is 6.40. The number of nitrogens with one attached hydrogen (secondary N) is 1. The molecular formula is C9H11N3O. The van der Waals surface area contributed by atoms with Crippen LogP contribution in [0.5, 0.6) is 0 Å². The fraction of sp³-hybridized carbons (Fsp3) is 0.222. The summed E-state index contributed by atoms with van der Waals surface area (Å²) >= 11 is 0. The molecule has 0 saturated heterocycles. The van der Waals surface area contributed by atoms with E-state index in [-0.39, 0.29) is 0 Å². The lowest BCUT2D eigenvalue weighted by Gasteiger charge is -1.89. The van der Waals surface area contributed by atoms with Gasteiger partial charge in [0.1, 0.15) is 0 Å². The molecule has 0 amide bonds. The van der Waals surface area contributed by atoms with Crippen LogP contribution in [-0.2, 0) is 6.42 Å². The zero-order valence-electron chi connectivity index (χ0n) is 7.16. The zero-order valence-corrected chi connectivity index (χ0v) is 7.16. The Morgan fingerprint density at radius 1 is 1.54 bits per heavy atom. The molecule has 0 spiro atoms. The Labute approximate surface area is 75.8 Å². The van der Waals surface area contributed by atoms with E-state index in [2.05, 4.69) is 9.97 Å². The van der Waals surface area contributed by atoms with E-state index in [9.17, 15) is 0 Å². The van der Waals surface area contributed by atoms with Crippen molar-refractivity contribution >= 4 is 0 Å². The Hall–Kier alpha value is -1.55. The number of rotatable bonds is 3. The number of nitrogens with zero attached hydrogens (tertiary/aromatic N) is 1. The maximum Gasteiger partial charge on any atom is 0.196 e. The molecule has 0 aromatic carbocycles. The van der Waals surface area contributed by atoms with E-state index in [1.165, 1.54) is 0 Å². The van der Waals surface area contributed by atoms with Crippen molar-refractivity contribution in [1.29, 1.82) is 0 Å². The standard InChI is InChI=1S/C9H11N3O/c10-3-1-9-12-6-8(13-9)7-2-4-11-5-7/h2,4-6,11H,1,3,10H2. The molecule has 0 atom stereocenters. The average Bonchev–Trinajstić information content (AvgIpc) is 2.70. The number of nitrogens with two attached hydrogens (primary N) is 1. The van der Waals surface area contributed by atoms with Gasteiger partial charge < -0.3 is 15.1 Å². The Morgan fingerprint density at radius 3 is 3.15 bits per heavy atom. The lowest BCUT2D eigenvalue weighted by atomic mass is 10.3. The number of hydrogen-bond acceptors (Lipinski definition) is 3. The summed E-state index contributed by atoms with van der Waals surface area (Å²) < 4.78 is 5.46. The van der Waals surface area contributed by atoms with Gasteiger partial charge in [0.2, 0.25) is 0 Å². The van der Waals surface area contributed by atoms with Gasteiger partial charge in [0, 0.05) is 30.9 Å². The van der Waals surface area contributed by atoms with Crippen LogP contribution in [0, 0.1) is 0 Å². The second-order valence-corrected chi connectivity index (χ2v) is 2.76. The Balaban J connectivity index is 2.23. The first kappa shape index (κ1) is 8.07. The molecule has 4 nitrogen and oxygen atoms in total. The summed E-state index contributed by atoms with van der Waals surface area (Å²) in [7, 11) is 0. The molecule has 3 N–H and O–H groups in total. The number of aromatic nitrogens is 2. The molecule has 0 bridgehead atoms. The van der Waals surface area contributed by atoms with Crippen molar-refractivity contribution in [2.45, 2.75) is 6.42 Å². The lowest BCUT2D eigenvalue weighted by Crippen LogP contribution is -2.02. The average molecular weight is 177 g/mol. The molecule has 13 heavy (non-hydrogen) atoms.